The fourth-order valence-corrected chi connectivity index (χ4v) is 3.18. The molecule has 0 atom stereocenters. The van der Waals surface area contributed by atoms with Crippen molar-refractivity contribution in [2.24, 2.45) is 0 Å². The van der Waals surface area contributed by atoms with E-state index in [0.29, 0.717) is 24.6 Å². The van der Waals surface area contributed by atoms with Crippen molar-refractivity contribution in [3.05, 3.63) is 46.1 Å². The standard InChI is InChI=1S/C18H17ClF4N4O3/c1-29-14-3-2-12(19)10(15(14)20)6-24-16-11-7-27(8-13(11)25-9-26-16)4-5-30-17(28)18(21,22)23/h2-3,9H,4-8H2,1H3,(H,24,25,26). The zero-order valence-electron chi connectivity index (χ0n) is 15.7. The van der Waals surface area contributed by atoms with Crippen LogP contribution in [0, 0.1) is 5.82 Å². The number of aromatic nitrogens is 2. The van der Waals surface area contributed by atoms with Crippen molar-refractivity contribution < 1.29 is 31.8 Å². The number of fused-ring (bicyclic) bond motifs is 1. The molecule has 2 aromatic rings. The molecule has 12 heteroatoms. The van der Waals surface area contributed by atoms with E-state index in [-0.39, 0.29) is 29.4 Å². The molecule has 7 nitrogen and oxygen atoms in total. The predicted molar refractivity (Wildman–Crippen MR) is 98.4 cm³/mol. The maximum Gasteiger partial charge on any atom is 0.490 e. The summed E-state index contributed by atoms with van der Waals surface area (Å²) in [4.78, 5) is 20.9. The van der Waals surface area contributed by atoms with E-state index in [1.807, 2.05) is 0 Å². The Balaban J connectivity index is 1.63. The number of carbonyl (C=O) groups excluding carboxylic acids is 1. The summed E-state index contributed by atoms with van der Waals surface area (Å²) in [6.07, 6.45) is -3.69. The average Bonchev–Trinajstić information content (AvgIpc) is 3.10. The summed E-state index contributed by atoms with van der Waals surface area (Å²) in [7, 11) is 1.35. The number of halogens is 5. The number of ether oxygens (including phenoxy) is 2. The van der Waals surface area contributed by atoms with Crippen molar-refractivity contribution in [1.82, 2.24) is 14.9 Å². The van der Waals surface area contributed by atoms with Crippen molar-refractivity contribution in [2.45, 2.75) is 25.8 Å². The molecule has 2 heterocycles. The third-order valence-corrected chi connectivity index (χ3v) is 4.82. The Bertz CT molecular complexity index is 942. The number of esters is 1. The molecule has 0 bridgehead atoms. The lowest BCUT2D eigenvalue weighted by atomic mass is 10.2. The van der Waals surface area contributed by atoms with Crippen LogP contribution in [-0.4, -0.2) is 47.3 Å². The van der Waals surface area contributed by atoms with E-state index in [2.05, 4.69) is 20.0 Å². The number of rotatable bonds is 7. The highest BCUT2D eigenvalue weighted by atomic mass is 35.5. The van der Waals surface area contributed by atoms with Gasteiger partial charge in [0.25, 0.3) is 0 Å². The minimum atomic E-state index is -5.02. The molecule has 30 heavy (non-hydrogen) atoms. The number of anilines is 1. The molecule has 0 aliphatic carbocycles. The zero-order chi connectivity index (χ0) is 21.9. The van der Waals surface area contributed by atoms with Crippen LogP contribution in [0.15, 0.2) is 18.5 Å². The number of nitrogens with one attached hydrogen (secondary N) is 1. The van der Waals surface area contributed by atoms with Crippen LogP contribution in [0.5, 0.6) is 5.75 Å². The second-order valence-corrected chi connectivity index (χ2v) is 6.79. The van der Waals surface area contributed by atoms with E-state index < -0.39 is 24.6 Å². The summed E-state index contributed by atoms with van der Waals surface area (Å²) in [6.45, 7) is 0.399. The molecule has 0 radical (unpaired) electrons. The van der Waals surface area contributed by atoms with E-state index in [9.17, 15) is 22.4 Å². The molecule has 1 N–H and O–H groups in total. The first kappa shape index (κ1) is 22.0. The third kappa shape index (κ3) is 4.90. The molecule has 0 saturated heterocycles. The number of benzene rings is 1. The Morgan fingerprint density at radius 3 is 2.77 bits per heavy atom. The number of nitrogens with zero attached hydrogens (tertiary/aromatic N) is 3. The Hall–Kier alpha value is -2.66. The van der Waals surface area contributed by atoms with Crippen molar-refractivity contribution in [1.29, 1.82) is 0 Å². The average molecular weight is 449 g/mol. The summed E-state index contributed by atoms with van der Waals surface area (Å²) in [5.41, 5.74) is 1.60. The minimum Gasteiger partial charge on any atom is -0.494 e. The van der Waals surface area contributed by atoms with E-state index in [1.54, 1.807) is 4.90 Å². The van der Waals surface area contributed by atoms with E-state index >= 15 is 0 Å². The van der Waals surface area contributed by atoms with E-state index in [0.717, 1.165) is 5.56 Å². The van der Waals surface area contributed by atoms with Gasteiger partial charge in [-0.25, -0.2) is 19.2 Å². The number of hydrogen-bond acceptors (Lipinski definition) is 7. The minimum absolute atomic E-state index is 0.0362. The SMILES string of the molecule is COc1ccc(Cl)c(CNc2ncnc3c2CN(CCOC(=O)C(F)(F)F)C3)c1F. The van der Waals surface area contributed by atoms with Gasteiger partial charge in [-0.1, -0.05) is 11.6 Å². The first-order chi connectivity index (χ1) is 14.2. The van der Waals surface area contributed by atoms with E-state index in [1.165, 1.54) is 25.6 Å². The molecule has 1 aliphatic heterocycles. The first-order valence-corrected chi connectivity index (χ1v) is 9.12. The second kappa shape index (κ2) is 9.00. The number of hydrogen-bond donors (Lipinski definition) is 1. The maximum absolute atomic E-state index is 14.4. The molecule has 0 saturated carbocycles. The van der Waals surface area contributed by atoms with Crippen molar-refractivity contribution in [3.8, 4) is 5.75 Å². The van der Waals surface area contributed by atoms with Gasteiger partial charge in [0, 0.05) is 42.3 Å². The molecule has 0 fully saturated rings. The summed E-state index contributed by atoms with van der Waals surface area (Å²) in [5, 5.41) is 3.24. The molecule has 1 aromatic carbocycles. The van der Waals surface area contributed by atoms with Crippen LogP contribution in [0.4, 0.5) is 23.4 Å². The maximum atomic E-state index is 14.4. The molecule has 1 aromatic heterocycles. The van der Waals surface area contributed by atoms with Crippen molar-refractivity contribution in [2.75, 3.05) is 25.6 Å². The van der Waals surface area contributed by atoms with Crippen LogP contribution < -0.4 is 10.1 Å². The molecule has 0 spiro atoms. The van der Waals surface area contributed by atoms with Crippen molar-refractivity contribution >= 4 is 23.4 Å². The topological polar surface area (TPSA) is 76.6 Å². The predicted octanol–water partition coefficient (Wildman–Crippen LogP) is 3.31. The summed E-state index contributed by atoms with van der Waals surface area (Å²) in [5.74, 6) is -2.30. The van der Waals surface area contributed by atoms with Gasteiger partial charge in [0.15, 0.2) is 11.6 Å². The highest BCUT2D eigenvalue weighted by Gasteiger charge is 2.41. The fourth-order valence-electron chi connectivity index (χ4n) is 2.97. The van der Waals surface area contributed by atoms with Crippen LogP contribution in [0.1, 0.15) is 16.8 Å². The number of carbonyl (C=O) groups is 1. The van der Waals surface area contributed by atoms with Crippen LogP contribution in [0.2, 0.25) is 5.02 Å². The lowest BCUT2D eigenvalue weighted by Crippen LogP contribution is -2.29. The second-order valence-electron chi connectivity index (χ2n) is 6.39. The van der Waals surface area contributed by atoms with Gasteiger partial charge >= 0.3 is 12.1 Å². The van der Waals surface area contributed by atoms with Crippen molar-refractivity contribution in [3.63, 3.8) is 0 Å². The lowest BCUT2D eigenvalue weighted by molar-refractivity contribution is -0.200. The van der Waals surface area contributed by atoms with Crippen LogP contribution in [-0.2, 0) is 29.2 Å². The quantitative estimate of drug-likeness (QED) is 0.514. The molecule has 0 unspecified atom stereocenters. The monoisotopic (exact) mass is 448 g/mol. The van der Waals surface area contributed by atoms with Crippen LogP contribution in [0.25, 0.3) is 0 Å². The molecule has 162 valence electrons. The van der Waals surface area contributed by atoms with Gasteiger partial charge in [-0.05, 0) is 12.1 Å². The first-order valence-electron chi connectivity index (χ1n) is 8.74. The van der Waals surface area contributed by atoms with Gasteiger partial charge in [0.1, 0.15) is 18.8 Å². The third-order valence-electron chi connectivity index (χ3n) is 4.46. The summed E-state index contributed by atoms with van der Waals surface area (Å²) in [6, 6.07) is 2.95. The molecule has 3 rings (SSSR count). The number of methoxy groups -OCH3 is 1. The molecule has 0 amide bonds. The fraction of sp³-hybridized carbons (Fsp3) is 0.389. The Morgan fingerprint density at radius 1 is 1.30 bits per heavy atom. The normalized spacial score (nSPS) is 13.8. The lowest BCUT2D eigenvalue weighted by Gasteiger charge is -2.15. The summed E-state index contributed by atoms with van der Waals surface area (Å²) >= 11 is 6.08. The number of alkyl halides is 3. The molecular weight excluding hydrogens is 432 g/mol. The highest BCUT2D eigenvalue weighted by Crippen LogP contribution is 2.30. The van der Waals surface area contributed by atoms with Gasteiger partial charge in [-0.3, -0.25) is 4.90 Å². The molecular formula is C18H17ClF4N4O3. The van der Waals surface area contributed by atoms with Crippen LogP contribution >= 0.6 is 11.6 Å². The van der Waals surface area contributed by atoms with Crippen LogP contribution in [0.3, 0.4) is 0 Å². The van der Waals surface area contributed by atoms with E-state index in [4.69, 9.17) is 16.3 Å². The Labute approximate surface area is 174 Å². The highest BCUT2D eigenvalue weighted by molar-refractivity contribution is 6.31. The Kier molecular flexibility index (Phi) is 6.61. The largest absolute Gasteiger partial charge is 0.494 e. The van der Waals surface area contributed by atoms with Gasteiger partial charge in [0.2, 0.25) is 0 Å². The van der Waals surface area contributed by atoms with Gasteiger partial charge in [-0.2, -0.15) is 13.2 Å². The Morgan fingerprint density at radius 2 is 2.07 bits per heavy atom. The zero-order valence-corrected chi connectivity index (χ0v) is 16.5. The van der Waals surface area contributed by atoms with Gasteiger partial charge in [0.05, 0.1) is 12.8 Å². The smallest absolute Gasteiger partial charge is 0.490 e. The van der Waals surface area contributed by atoms with Gasteiger partial charge in [-0.15, -0.1) is 0 Å². The molecule has 1 aliphatic rings. The van der Waals surface area contributed by atoms with Gasteiger partial charge < -0.3 is 14.8 Å². The summed E-state index contributed by atoms with van der Waals surface area (Å²) < 4.78 is 60.2.